The third-order valence-corrected chi connectivity index (χ3v) is 5.15. The molecule has 2 aromatic carbocycles. The predicted molar refractivity (Wildman–Crippen MR) is 144 cm³/mol. The van der Waals surface area contributed by atoms with E-state index in [1.165, 1.54) is 40.1 Å². The maximum Gasteiger partial charge on any atom is 0.414 e. The summed E-state index contributed by atoms with van der Waals surface area (Å²) >= 11 is 0. The van der Waals surface area contributed by atoms with Crippen LogP contribution in [0.5, 0.6) is 5.75 Å². The van der Waals surface area contributed by atoms with E-state index in [1.54, 1.807) is 44.2 Å². The number of alkyl halides is 1. The first-order chi connectivity index (χ1) is 18.2. The van der Waals surface area contributed by atoms with E-state index in [0.717, 1.165) is 5.70 Å². The second-order valence-corrected chi connectivity index (χ2v) is 7.82. The molecule has 0 aromatic heterocycles. The van der Waals surface area contributed by atoms with E-state index in [2.05, 4.69) is 12.3 Å². The lowest BCUT2D eigenvalue weighted by atomic mass is 10.2. The van der Waals surface area contributed by atoms with Crippen LogP contribution in [-0.2, 0) is 9.47 Å². The average Bonchev–Trinajstić information content (AvgIpc) is 3.49. The van der Waals surface area contributed by atoms with Crippen molar-refractivity contribution < 1.29 is 33.0 Å². The van der Waals surface area contributed by atoms with Gasteiger partial charge in [0.25, 0.3) is 0 Å². The number of cyclic esters (lactones) is 2. The molecular weight excluding hydrogens is 494 g/mol. The van der Waals surface area contributed by atoms with Gasteiger partial charge in [0.15, 0.2) is 12.2 Å². The highest BCUT2D eigenvalue weighted by Gasteiger charge is 2.44. The molecule has 4 rings (SSSR count). The lowest BCUT2D eigenvalue weighted by molar-refractivity contribution is 0.0435. The SMILES string of the molecule is C#CC.C/C=C(\C)N1CC(C2CN(c3ccc(F)cc3)C(=O)O2)OC1=O.C/C=C\CF.Oc1ccccc1. The molecule has 0 bridgehead atoms. The Balaban J connectivity index is 0.000000393. The minimum Gasteiger partial charge on any atom is -0.508 e. The van der Waals surface area contributed by atoms with Crippen LogP contribution in [0.25, 0.3) is 0 Å². The Morgan fingerprint density at radius 2 is 1.61 bits per heavy atom. The fourth-order valence-corrected chi connectivity index (χ4v) is 3.15. The van der Waals surface area contributed by atoms with E-state index < -0.39 is 24.4 Å². The molecule has 0 aliphatic carbocycles. The normalized spacial score (nSPS) is 18.2. The van der Waals surface area contributed by atoms with Crippen LogP contribution < -0.4 is 4.90 Å². The van der Waals surface area contributed by atoms with Crippen molar-refractivity contribution in [2.75, 3.05) is 24.7 Å². The largest absolute Gasteiger partial charge is 0.508 e. The number of phenols is 1. The van der Waals surface area contributed by atoms with Gasteiger partial charge in [0.05, 0.1) is 13.1 Å². The average molecular weight is 529 g/mol. The van der Waals surface area contributed by atoms with Crippen molar-refractivity contribution in [2.24, 2.45) is 0 Å². The summed E-state index contributed by atoms with van der Waals surface area (Å²) in [5.41, 5.74) is 1.34. The summed E-state index contributed by atoms with van der Waals surface area (Å²) in [7, 11) is 0. The van der Waals surface area contributed by atoms with Gasteiger partial charge < -0.3 is 14.6 Å². The number of hydrogen-bond acceptors (Lipinski definition) is 5. The zero-order chi connectivity index (χ0) is 28.5. The minimum atomic E-state index is -0.550. The predicted octanol–water partition coefficient (Wildman–Crippen LogP) is 6.46. The van der Waals surface area contributed by atoms with E-state index in [1.807, 2.05) is 26.0 Å². The molecule has 2 atom stereocenters. The summed E-state index contributed by atoms with van der Waals surface area (Å²) in [6.45, 7) is 7.35. The van der Waals surface area contributed by atoms with E-state index in [9.17, 15) is 18.4 Å². The standard InChI is InChI=1S/C16H17FN2O4.C6H6O.C4H7F.C3H4/c1-3-10(2)18-8-13(22-15(18)20)14-9-19(16(21)23-14)12-6-4-11(17)5-7-12;7-6-4-2-1-3-5-6;1-2-3-4-5;1-3-2/h3-7,13-14H,8-9H2,1-2H3;1-5,7H;2-3H,4H2,1H3;1H,2H3/b10-3+;;3-2-;. The number of carbonyl (C=O) groups is 2. The van der Waals surface area contributed by atoms with Crippen LogP contribution in [0, 0.1) is 18.2 Å². The van der Waals surface area contributed by atoms with Gasteiger partial charge in [0.2, 0.25) is 0 Å². The molecule has 0 spiro atoms. The quantitative estimate of drug-likeness (QED) is 0.364. The molecule has 2 saturated heterocycles. The monoisotopic (exact) mass is 528 g/mol. The molecule has 2 aliphatic rings. The summed E-state index contributed by atoms with van der Waals surface area (Å²) in [5.74, 6) is 2.20. The molecule has 2 heterocycles. The van der Waals surface area contributed by atoms with Crippen LogP contribution in [0.3, 0.4) is 0 Å². The van der Waals surface area contributed by atoms with Gasteiger partial charge in [-0.1, -0.05) is 36.4 Å². The number of aromatic hydroxyl groups is 1. The molecular formula is C29H34F2N2O5. The van der Waals surface area contributed by atoms with Crippen LogP contribution in [0.1, 0.15) is 27.7 Å². The Bertz CT molecular complexity index is 1100. The minimum absolute atomic E-state index is 0.255. The lowest BCUT2D eigenvalue weighted by Crippen LogP contribution is -2.34. The Kier molecular flexibility index (Phi) is 14.3. The summed E-state index contributed by atoms with van der Waals surface area (Å²) in [6.07, 6.45) is 7.51. The van der Waals surface area contributed by atoms with Gasteiger partial charge in [-0.2, -0.15) is 0 Å². The lowest BCUT2D eigenvalue weighted by Gasteiger charge is -2.16. The van der Waals surface area contributed by atoms with Crippen molar-refractivity contribution in [3.8, 4) is 18.1 Å². The Hall–Kier alpha value is -4.32. The molecule has 9 heteroatoms. The maximum atomic E-state index is 13.0. The van der Waals surface area contributed by atoms with Crippen LogP contribution in [0.15, 0.2) is 78.5 Å². The molecule has 204 valence electrons. The highest BCUT2D eigenvalue weighted by atomic mass is 19.1. The number of hydrogen-bond donors (Lipinski definition) is 1. The number of amides is 2. The molecule has 7 nitrogen and oxygen atoms in total. The van der Waals surface area contributed by atoms with Crippen molar-refractivity contribution in [2.45, 2.75) is 39.9 Å². The molecule has 0 saturated carbocycles. The molecule has 2 fully saturated rings. The number of terminal acetylenes is 1. The van der Waals surface area contributed by atoms with Crippen LogP contribution in [0.4, 0.5) is 24.1 Å². The molecule has 2 aliphatic heterocycles. The van der Waals surface area contributed by atoms with E-state index in [4.69, 9.17) is 14.6 Å². The summed E-state index contributed by atoms with van der Waals surface area (Å²) in [4.78, 5) is 26.8. The van der Waals surface area contributed by atoms with Crippen LogP contribution in [-0.4, -0.2) is 54.2 Å². The van der Waals surface area contributed by atoms with Gasteiger partial charge in [-0.05, 0) is 64.1 Å². The molecule has 2 amide bonds. The number of phenolic OH excluding ortho intramolecular Hbond substituents is 1. The second-order valence-electron chi connectivity index (χ2n) is 7.82. The third kappa shape index (κ3) is 10.3. The van der Waals surface area contributed by atoms with Crippen LogP contribution in [0.2, 0.25) is 0 Å². The van der Waals surface area contributed by atoms with Crippen molar-refractivity contribution >= 4 is 17.9 Å². The number of ether oxygens (including phenoxy) is 2. The van der Waals surface area contributed by atoms with Gasteiger partial charge in [0, 0.05) is 11.4 Å². The fraction of sp³-hybridized carbons (Fsp3) is 0.310. The number of nitrogens with zero attached hydrogens (tertiary/aromatic N) is 2. The molecule has 2 aromatic rings. The molecule has 2 unspecified atom stereocenters. The van der Waals surface area contributed by atoms with Crippen LogP contribution >= 0.6 is 0 Å². The van der Waals surface area contributed by atoms with Crippen molar-refractivity contribution in [1.29, 1.82) is 0 Å². The zero-order valence-corrected chi connectivity index (χ0v) is 22.0. The summed E-state index contributed by atoms with van der Waals surface area (Å²) in [6, 6.07) is 14.3. The summed E-state index contributed by atoms with van der Waals surface area (Å²) < 4.78 is 34.5. The number of allylic oxidation sites excluding steroid dienone is 4. The van der Waals surface area contributed by atoms with E-state index in [0.29, 0.717) is 18.0 Å². The Morgan fingerprint density at radius 3 is 2.05 bits per heavy atom. The first-order valence-corrected chi connectivity index (χ1v) is 11.9. The Morgan fingerprint density at radius 1 is 1.05 bits per heavy atom. The van der Waals surface area contributed by atoms with Crippen molar-refractivity contribution in [3.63, 3.8) is 0 Å². The maximum absolute atomic E-state index is 13.0. The highest BCUT2D eigenvalue weighted by molar-refractivity contribution is 5.89. The zero-order valence-electron chi connectivity index (χ0n) is 22.0. The fourth-order valence-electron chi connectivity index (χ4n) is 3.15. The first kappa shape index (κ1) is 31.7. The summed E-state index contributed by atoms with van der Waals surface area (Å²) in [5, 5.41) is 8.63. The second kappa shape index (κ2) is 17.2. The van der Waals surface area contributed by atoms with Gasteiger partial charge in [-0.25, -0.2) is 18.4 Å². The first-order valence-electron chi connectivity index (χ1n) is 11.9. The van der Waals surface area contributed by atoms with Gasteiger partial charge in [-0.3, -0.25) is 9.80 Å². The van der Waals surface area contributed by atoms with E-state index >= 15 is 0 Å². The number of anilines is 1. The van der Waals surface area contributed by atoms with Gasteiger partial charge >= 0.3 is 12.2 Å². The number of benzene rings is 2. The molecule has 38 heavy (non-hydrogen) atoms. The number of carbonyl (C=O) groups excluding carboxylic acids is 2. The van der Waals surface area contributed by atoms with E-state index in [-0.39, 0.29) is 19.0 Å². The molecule has 1 N–H and O–H groups in total. The third-order valence-electron chi connectivity index (χ3n) is 5.15. The van der Waals surface area contributed by atoms with Gasteiger partial charge in [-0.15, -0.1) is 12.3 Å². The highest BCUT2D eigenvalue weighted by Crippen LogP contribution is 2.27. The van der Waals surface area contributed by atoms with Crippen molar-refractivity contribution in [1.82, 2.24) is 4.90 Å². The molecule has 0 radical (unpaired) electrons. The van der Waals surface area contributed by atoms with Crippen molar-refractivity contribution in [3.05, 3.63) is 84.3 Å². The topological polar surface area (TPSA) is 79.3 Å². The number of rotatable bonds is 4. The number of halogens is 2. The smallest absolute Gasteiger partial charge is 0.414 e. The number of para-hydroxylation sites is 1. The van der Waals surface area contributed by atoms with Gasteiger partial charge in [0.1, 0.15) is 18.2 Å². The Labute approximate surface area is 223 Å².